The molecule has 1 aliphatic rings. The fraction of sp³-hybridized carbons (Fsp3) is 0.400. The van der Waals surface area contributed by atoms with Gasteiger partial charge in [-0.3, -0.25) is 0 Å². The number of benzene rings is 1. The van der Waals surface area contributed by atoms with Gasteiger partial charge in [0.05, 0.1) is 6.61 Å². The number of ether oxygens (including phenoxy) is 1. The number of rotatable bonds is 1. The second-order valence-electron chi connectivity index (χ2n) is 3.28. The van der Waals surface area contributed by atoms with Crippen molar-refractivity contribution in [2.45, 2.75) is 12.5 Å². The summed E-state index contributed by atoms with van der Waals surface area (Å²) in [6, 6.07) is 2.35. The van der Waals surface area contributed by atoms with Crippen LogP contribution in [0.1, 0.15) is 18.0 Å². The van der Waals surface area contributed by atoms with Crippen LogP contribution in [0.25, 0.3) is 0 Å². The van der Waals surface area contributed by atoms with Crippen LogP contribution in [-0.2, 0) is 0 Å². The standard InChI is InChI=1S/C10H11F2NO/c1-13-9-2-3-14-10-5-8(12)7(11)4-6(9)10/h4-5,9,13H,2-3H2,1H3. The Kier molecular flexibility index (Phi) is 2.37. The van der Waals surface area contributed by atoms with Gasteiger partial charge in [0.2, 0.25) is 0 Å². The van der Waals surface area contributed by atoms with Crippen molar-refractivity contribution < 1.29 is 13.5 Å². The summed E-state index contributed by atoms with van der Waals surface area (Å²) in [6.45, 7) is 0.531. The zero-order valence-electron chi connectivity index (χ0n) is 7.81. The zero-order valence-corrected chi connectivity index (χ0v) is 7.81. The first-order valence-corrected chi connectivity index (χ1v) is 4.51. The summed E-state index contributed by atoms with van der Waals surface area (Å²) in [5.74, 6) is -1.25. The van der Waals surface area contributed by atoms with E-state index in [-0.39, 0.29) is 6.04 Å². The highest BCUT2D eigenvalue weighted by Gasteiger charge is 2.22. The molecule has 76 valence electrons. The van der Waals surface area contributed by atoms with E-state index >= 15 is 0 Å². The maximum absolute atomic E-state index is 13.0. The van der Waals surface area contributed by atoms with Crippen molar-refractivity contribution in [3.8, 4) is 5.75 Å². The Labute approximate surface area is 80.9 Å². The molecule has 0 radical (unpaired) electrons. The number of hydrogen-bond acceptors (Lipinski definition) is 2. The zero-order chi connectivity index (χ0) is 10.1. The van der Waals surface area contributed by atoms with Crippen molar-refractivity contribution in [1.29, 1.82) is 0 Å². The molecule has 2 rings (SSSR count). The third-order valence-corrected chi connectivity index (χ3v) is 2.44. The summed E-state index contributed by atoms with van der Waals surface area (Å²) in [6.07, 6.45) is 0.772. The predicted octanol–water partition coefficient (Wildman–Crippen LogP) is 2.01. The lowest BCUT2D eigenvalue weighted by molar-refractivity contribution is 0.254. The second kappa shape index (κ2) is 3.53. The molecule has 2 nitrogen and oxygen atoms in total. The highest BCUT2D eigenvalue weighted by atomic mass is 19.2. The normalized spacial score (nSPS) is 20.1. The Hall–Kier alpha value is -1.16. The molecule has 0 aromatic heterocycles. The van der Waals surface area contributed by atoms with Crippen LogP contribution < -0.4 is 10.1 Å². The van der Waals surface area contributed by atoms with Crippen molar-refractivity contribution in [1.82, 2.24) is 5.32 Å². The molecule has 0 bridgehead atoms. The molecule has 0 aliphatic carbocycles. The Bertz CT molecular complexity index is 354. The lowest BCUT2D eigenvalue weighted by Gasteiger charge is -2.25. The summed E-state index contributed by atoms with van der Waals surface area (Å²) < 4.78 is 31.1. The second-order valence-corrected chi connectivity index (χ2v) is 3.28. The Balaban J connectivity index is 2.47. The van der Waals surface area contributed by atoms with Crippen molar-refractivity contribution >= 4 is 0 Å². The van der Waals surface area contributed by atoms with E-state index in [4.69, 9.17) is 4.74 Å². The molecule has 1 aromatic rings. The van der Waals surface area contributed by atoms with Crippen LogP contribution in [-0.4, -0.2) is 13.7 Å². The predicted molar refractivity (Wildman–Crippen MR) is 48.3 cm³/mol. The van der Waals surface area contributed by atoms with E-state index in [0.29, 0.717) is 17.9 Å². The van der Waals surface area contributed by atoms with E-state index in [1.54, 1.807) is 7.05 Å². The SMILES string of the molecule is CNC1CCOc2cc(F)c(F)cc21. The third-order valence-electron chi connectivity index (χ3n) is 2.44. The molecule has 0 spiro atoms. The Morgan fingerprint density at radius 1 is 1.36 bits per heavy atom. The van der Waals surface area contributed by atoms with Gasteiger partial charge in [-0.15, -0.1) is 0 Å². The van der Waals surface area contributed by atoms with Gasteiger partial charge in [-0.05, 0) is 13.1 Å². The van der Waals surface area contributed by atoms with Gasteiger partial charge in [0.15, 0.2) is 11.6 Å². The van der Waals surface area contributed by atoms with Crippen molar-refractivity contribution in [3.63, 3.8) is 0 Å². The van der Waals surface area contributed by atoms with Crippen LogP contribution in [0.2, 0.25) is 0 Å². The molecule has 4 heteroatoms. The maximum atomic E-state index is 13.0. The van der Waals surface area contributed by atoms with E-state index in [1.807, 2.05) is 0 Å². The van der Waals surface area contributed by atoms with E-state index in [0.717, 1.165) is 12.5 Å². The molecule has 14 heavy (non-hydrogen) atoms. The Morgan fingerprint density at radius 3 is 2.79 bits per heavy atom. The quantitative estimate of drug-likeness (QED) is 0.747. The average Bonchev–Trinajstić information content (AvgIpc) is 2.19. The largest absolute Gasteiger partial charge is 0.493 e. The number of halogens is 2. The van der Waals surface area contributed by atoms with Gasteiger partial charge in [-0.2, -0.15) is 0 Å². The fourth-order valence-corrected chi connectivity index (χ4v) is 1.68. The van der Waals surface area contributed by atoms with Gasteiger partial charge < -0.3 is 10.1 Å². The summed E-state index contributed by atoms with van der Waals surface area (Å²) in [5, 5.41) is 3.04. The first kappa shape index (κ1) is 9.40. The molecule has 1 aliphatic heterocycles. The lowest BCUT2D eigenvalue weighted by Crippen LogP contribution is -2.24. The molecule has 0 saturated carbocycles. The minimum atomic E-state index is -0.861. The molecular formula is C10H11F2NO. The lowest BCUT2D eigenvalue weighted by atomic mass is 10.0. The van der Waals surface area contributed by atoms with Gasteiger partial charge in [0.1, 0.15) is 5.75 Å². The molecule has 1 heterocycles. The van der Waals surface area contributed by atoms with Crippen LogP contribution in [0.15, 0.2) is 12.1 Å². The summed E-state index contributed by atoms with van der Waals surface area (Å²) in [7, 11) is 1.79. The minimum absolute atomic E-state index is 0.0499. The van der Waals surface area contributed by atoms with E-state index in [9.17, 15) is 8.78 Å². The highest BCUT2D eigenvalue weighted by molar-refractivity contribution is 5.38. The third kappa shape index (κ3) is 1.46. The van der Waals surface area contributed by atoms with Crippen LogP contribution >= 0.6 is 0 Å². The van der Waals surface area contributed by atoms with Gasteiger partial charge in [-0.25, -0.2) is 8.78 Å². The maximum Gasteiger partial charge on any atom is 0.162 e. The molecular weight excluding hydrogens is 188 g/mol. The number of hydrogen-bond donors (Lipinski definition) is 1. The molecule has 1 aromatic carbocycles. The van der Waals surface area contributed by atoms with Crippen molar-refractivity contribution in [2.75, 3.05) is 13.7 Å². The van der Waals surface area contributed by atoms with E-state index in [2.05, 4.69) is 5.32 Å². The van der Waals surface area contributed by atoms with E-state index in [1.165, 1.54) is 6.07 Å². The van der Waals surface area contributed by atoms with Crippen LogP contribution in [0.5, 0.6) is 5.75 Å². The Morgan fingerprint density at radius 2 is 2.07 bits per heavy atom. The van der Waals surface area contributed by atoms with Crippen molar-refractivity contribution in [2.24, 2.45) is 0 Å². The van der Waals surface area contributed by atoms with Gasteiger partial charge in [-0.1, -0.05) is 0 Å². The smallest absolute Gasteiger partial charge is 0.162 e. The summed E-state index contributed by atoms with van der Waals surface area (Å²) in [4.78, 5) is 0. The number of nitrogens with one attached hydrogen (secondary N) is 1. The molecule has 0 fully saturated rings. The van der Waals surface area contributed by atoms with Gasteiger partial charge in [0, 0.05) is 24.1 Å². The summed E-state index contributed by atoms with van der Waals surface area (Å²) >= 11 is 0. The molecule has 1 atom stereocenters. The number of fused-ring (bicyclic) bond motifs is 1. The first-order valence-electron chi connectivity index (χ1n) is 4.51. The highest BCUT2D eigenvalue weighted by Crippen LogP contribution is 2.33. The summed E-state index contributed by atoms with van der Waals surface area (Å²) in [5.41, 5.74) is 0.692. The van der Waals surface area contributed by atoms with Crippen molar-refractivity contribution in [3.05, 3.63) is 29.3 Å². The van der Waals surface area contributed by atoms with Crippen LogP contribution in [0, 0.1) is 11.6 Å². The average molecular weight is 199 g/mol. The van der Waals surface area contributed by atoms with Crippen LogP contribution in [0.4, 0.5) is 8.78 Å². The monoisotopic (exact) mass is 199 g/mol. The molecule has 1 unspecified atom stereocenters. The molecule has 1 N–H and O–H groups in total. The van der Waals surface area contributed by atoms with Crippen LogP contribution in [0.3, 0.4) is 0 Å². The first-order chi connectivity index (χ1) is 6.72. The molecule has 0 amide bonds. The fourth-order valence-electron chi connectivity index (χ4n) is 1.68. The molecule has 0 saturated heterocycles. The topological polar surface area (TPSA) is 21.3 Å². The van der Waals surface area contributed by atoms with Gasteiger partial charge in [0.25, 0.3) is 0 Å². The minimum Gasteiger partial charge on any atom is -0.493 e. The van der Waals surface area contributed by atoms with E-state index < -0.39 is 11.6 Å². The van der Waals surface area contributed by atoms with Gasteiger partial charge >= 0.3 is 0 Å².